The second-order valence-corrected chi connectivity index (χ2v) is 31.9. The molecule has 0 bridgehead atoms. The number of carboxylic acids is 3. The normalized spacial score (nSPS) is 9.80. The molecule has 1 heterocycles. The summed E-state index contributed by atoms with van der Waals surface area (Å²) in [6, 6.07) is 23.6. The van der Waals surface area contributed by atoms with Crippen molar-refractivity contribution in [3.8, 4) is 58.7 Å². The van der Waals surface area contributed by atoms with E-state index in [2.05, 4.69) is 103 Å². The zero-order chi connectivity index (χ0) is 106. The molecule has 0 spiro atoms. The van der Waals surface area contributed by atoms with E-state index in [1.807, 2.05) is 72.2 Å². The van der Waals surface area contributed by atoms with E-state index in [1.54, 1.807) is 43.5 Å². The Labute approximate surface area is 944 Å². The number of thiol groups is 1. The van der Waals surface area contributed by atoms with E-state index in [-0.39, 0.29) is 143 Å². The number of aliphatic hydroxyl groups is 2. The summed E-state index contributed by atoms with van der Waals surface area (Å²) >= 11 is 42.3. The smallest absolute Gasteiger partial charge is 0.870 e. The van der Waals surface area contributed by atoms with Gasteiger partial charge in [0.15, 0.2) is 5.13 Å². The van der Waals surface area contributed by atoms with E-state index in [0.29, 0.717) is 101 Å². The Morgan fingerprint density at radius 2 is 0.901 bits per heavy atom. The molecule has 141 heavy (non-hydrogen) atoms. The van der Waals surface area contributed by atoms with Crippen molar-refractivity contribution in [1.82, 2.24) is 24.6 Å². The Kier molecular flexibility index (Phi) is 96.5. The predicted molar refractivity (Wildman–Crippen MR) is 541 cm³/mol. The van der Waals surface area contributed by atoms with E-state index >= 15 is 0 Å². The molecule has 56 heteroatoms. The number of hydrogen-bond acceptors (Lipinski definition) is 32. The van der Waals surface area contributed by atoms with E-state index in [9.17, 15) is 68.5 Å². The summed E-state index contributed by atoms with van der Waals surface area (Å²) in [6.45, 7) is 3.23. The summed E-state index contributed by atoms with van der Waals surface area (Å²) in [5, 5.41) is 50.7. The number of anilines is 1. The minimum absolute atomic E-state index is 0. The van der Waals surface area contributed by atoms with Crippen molar-refractivity contribution in [3.63, 3.8) is 0 Å². The number of benzene rings is 7. The molecule has 791 valence electrons. The van der Waals surface area contributed by atoms with Crippen LogP contribution in [0.3, 0.4) is 0 Å². The van der Waals surface area contributed by atoms with Gasteiger partial charge < -0.3 is 96.6 Å². The van der Waals surface area contributed by atoms with Crippen molar-refractivity contribution in [2.75, 3.05) is 174 Å². The molecule has 1 aromatic heterocycles. The first kappa shape index (κ1) is 155. The summed E-state index contributed by atoms with van der Waals surface area (Å²) < 4.78 is 148. The summed E-state index contributed by atoms with van der Waals surface area (Å²) in [7, 11) is 33.8. The number of aromatic carboxylic acids is 3. The van der Waals surface area contributed by atoms with Gasteiger partial charge >= 0.3 is 129 Å². The number of aromatic nitrogens is 1. The van der Waals surface area contributed by atoms with Crippen LogP contribution in [-0.4, -0.2) is 288 Å². The zero-order valence-electron chi connectivity index (χ0n) is 80.5. The number of fused-ring (bicyclic) bond motifs is 1. The number of carbonyl (C=O) groups is 7. The first-order valence-electron chi connectivity index (χ1n) is 37.4. The maximum atomic E-state index is 12.3. The second kappa shape index (κ2) is 87.9. The first-order valence-corrected chi connectivity index (χ1v) is 42.8. The number of nitrogens with zero attached hydrogens (tertiary/aromatic N) is 6. The summed E-state index contributed by atoms with van der Waals surface area (Å²) in [6.07, 6.45) is -1.23. The number of hydrogen-bond donors (Lipinski definition) is 8. The third-order valence-electron chi connectivity index (χ3n) is 14.8. The average Bonchev–Trinajstić information content (AvgIpc) is 1.30. The standard InChI is InChI=1S/C14H20ClNO3.C14H16ClNO3.C13H18ClNO3.C9H8BrClO3.C8H6BrClO3.C8H7ClO3.C8H5F3N2S.C5H9N.C2HF3O5S.CH3F.2CH4O.CH3.BHNS.2ClH.K.H2O.Pd/c2*1-16(2)7-5-6-10-8-11(15)9-12(13(10)18-3)14(17)19-4;1-15(2)6-4-5-9-7-10(14)8-11(13(16)17)12(9)18-3;1-13-8-6(9(12)14-2)3-5(11)4-7(8)10;1-13-7-5(8(11)12)2-4(10)3-6(7)9;1-12-7-3-2-5(9)4-6(7)8(10)11;9-8(10,11)4-1-2-5-6(3-4)14-7(12)13-5;1-4-5-6(2)3;3-2(4,5)1(6)11(8)10-9-7;3*1-2;;1-2-3;;;;;/h8-9H,5-7H2,1-4H3;8-9H,7H2,1-4H3;7-8H,4-6H2,1-3H3,(H,16,17);3-4H,1-2H3;2-3H,1H3,(H,11,12);2-4H,1H3,(H,10,11);1-3H,(H2,12,13);1H,5H2,2-3H3;7H;1H3;2*2H,1H3;1H3;3H;2*1H;;1H2;/q;;;;;;;;;;;;-1;;;;+1;;/p-1/i;;;;;;;;;1D;;;;;;;;;. The van der Waals surface area contributed by atoms with Crippen molar-refractivity contribution >= 4 is 225 Å². The molecular weight excluding hydrogens is 2360 g/mol. The molecule has 8 rings (SSSR count). The molecule has 9 N–H and O–H groups in total. The van der Waals surface area contributed by atoms with Crippen molar-refractivity contribution < 1.29 is 230 Å². The van der Waals surface area contributed by atoms with Gasteiger partial charge in [0.2, 0.25) is 0 Å². The Morgan fingerprint density at radius 3 is 1.23 bits per heavy atom. The molecule has 8 aromatic rings. The largest absolute Gasteiger partial charge is 1.00 e. The minimum Gasteiger partial charge on any atom is -0.870 e. The van der Waals surface area contributed by atoms with Crippen LogP contribution in [0, 0.1) is 31.6 Å². The van der Waals surface area contributed by atoms with Crippen LogP contribution in [0.25, 0.3) is 10.2 Å². The number of carboxylic acid groups (broad SMARTS) is 3. The maximum Gasteiger partial charge on any atom is 1.00 e. The molecule has 0 amide bonds. The third-order valence-corrected chi connectivity index (χ3v) is 18.8. The molecule has 0 aliphatic heterocycles. The molecule has 1 atom stereocenters. The molecule has 0 aliphatic carbocycles. The molecule has 1 radical (unpaired) electrons. The van der Waals surface area contributed by atoms with E-state index in [0.717, 1.165) is 94.1 Å². The number of ether oxygens (including phenoxy) is 9. The fourth-order valence-electron chi connectivity index (χ4n) is 9.46. The topological polar surface area (TPSA) is 454 Å². The van der Waals surface area contributed by atoms with E-state index < -0.39 is 77.1 Å². The number of alkyl halides is 7. The van der Waals surface area contributed by atoms with Crippen LogP contribution < -0.4 is 85.5 Å². The van der Waals surface area contributed by atoms with Crippen molar-refractivity contribution in [1.29, 1.82) is 0 Å². The predicted octanol–water partition coefficient (Wildman–Crippen LogP) is 16.3. The van der Waals surface area contributed by atoms with Crippen molar-refractivity contribution in [2.24, 2.45) is 4.30 Å². The number of methoxy groups -OCH3 is 9. The van der Waals surface area contributed by atoms with Gasteiger partial charge in [0, 0.05) is 64.8 Å². The van der Waals surface area contributed by atoms with Gasteiger partial charge in [-0.3, -0.25) is 19.0 Å². The number of aliphatic hydroxyl groups excluding tert-OH is 2. The summed E-state index contributed by atoms with van der Waals surface area (Å²) in [4.78, 5) is 88.9. The zero-order valence-corrected chi connectivity index (χ0v) is 96.0. The number of thiazole rings is 1. The molecule has 33 nitrogen and oxygen atoms in total. The molecular formula is C85H108BBr2Cl8F7KN7O26PdS3-. The van der Waals surface area contributed by atoms with Gasteiger partial charge in [-0.15, -0.1) is 31.2 Å². The Morgan fingerprint density at radius 1 is 0.560 bits per heavy atom. The van der Waals surface area contributed by atoms with Crippen LogP contribution in [0.4, 0.5) is 35.9 Å². The Hall–Kier alpha value is -6.31. The van der Waals surface area contributed by atoms with Gasteiger partial charge in [-0.05, 0) is 235 Å². The maximum absolute atomic E-state index is 12.3. The van der Waals surface area contributed by atoms with Crippen LogP contribution in [0.5, 0.6) is 34.5 Å². The van der Waals surface area contributed by atoms with Gasteiger partial charge in [0.05, 0.1) is 116 Å². The molecule has 0 saturated carbocycles. The van der Waals surface area contributed by atoms with Crippen LogP contribution in [0.15, 0.2) is 110 Å². The molecule has 0 saturated heterocycles. The van der Waals surface area contributed by atoms with Gasteiger partial charge in [0.25, 0.3) is 11.1 Å². The SMILES string of the molecule is C#CCN(C)C.CO.CO.COC(=O)c1cc(Cl)cc(Br)c1OC.COC(=O)c1cc(Cl)cc(C#CCN(C)C)c1OC.COC(=O)c1cc(Cl)cc(CCCN(C)C)c1OC.COc1c(Br)cc(Cl)cc1C(=O)O.COc1c(CCCN(C)C)cc(Cl)cc1C(=O)O.COc1ccc(Cl)cc1C(=O)O.Cl.Cl.Nc1nc2ccc(C(F)(F)F)cc2s1.O=C(S(=O)OOO)C(F)(F)F.[2H]CF.[B]=NS.[CH3-].[K+].[OH-].[Pd]. The average molecular weight is 2470 g/mol. The second-order valence-electron chi connectivity index (χ2n) is 25.3. The van der Waals surface area contributed by atoms with Crippen molar-refractivity contribution in [2.45, 2.75) is 38.0 Å². The number of nitrogens with two attached hydrogens (primary N) is 1. The molecule has 0 fully saturated rings. The molecule has 7 aromatic carbocycles. The third kappa shape index (κ3) is 64.4. The Bertz CT molecular complexity index is 5220. The van der Waals surface area contributed by atoms with Gasteiger partial charge in [-0.1, -0.05) is 108 Å². The molecule has 1 unspecified atom stereocenters. The van der Waals surface area contributed by atoms with Gasteiger partial charge in [-0.25, -0.2) is 43.2 Å². The van der Waals surface area contributed by atoms with Gasteiger partial charge in [-0.2, -0.15) is 26.3 Å². The van der Waals surface area contributed by atoms with Crippen LogP contribution in [0.1, 0.15) is 98.6 Å². The quantitative estimate of drug-likeness (QED) is 0.00320. The minimum atomic E-state index is -5.27. The van der Waals surface area contributed by atoms with Crippen LogP contribution in [0.2, 0.25) is 30.1 Å². The number of halogens is 17. The number of carbonyl (C=O) groups excluding carboxylic acids is 4. The summed E-state index contributed by atoms with van der Waals surface area (Å²) in [5.74, 6) is 6.19. The Balaban J connectivity index is -0.000000150. The number of nitrogen functional groups attached to an aromatic ring is 1. The number of rotatable bonds is 24. The monoisotopic (exact) mass is 2470 g/mol. The fraction of sp³-hybridized carbons (Fsp3) is 0.353. The van der Waals surface area contributed by atoms with Gasteiger partial charge in [0.1, 0.15) is 67.9 Å². The fourth-order valence-corrected chi connectivity index (χ4v) is 13.4. The van der Waals surface area contributed by atoms with Crippen LogP contribution >= 0.6 is 150 Å². The first-order chi connectivity index (χ1) is 63.7. The number of aryl methyl sites for hydroxylation is 2. The number of esters is 3. The van der Waals surface area contributed by atoms with E-state index in [4.69, 9.17) is 152 Å². The van der Waals surface area contributed by atoms with Crippen molar-refractivity contribution in [3.05, 3.63) is 199 Å². The van der Waals surface area contributed by atoms with E-state index in [1.165, 1.54) is 99.3 Å². The number of terminal acetylenes is 1. The van der Waals surface area contributed by atoms with Crippen LogP contribution in [-0.2, 0) is 78.9 Å². The molecule has 0 aliphatic rings. The summed E-state index contributed by atoms with van der Waals surface area (Å²) in [5.41, 5.74) is 8.71.